The van der Waals surface area contributed by atoms with Gasteiger partial charge in [-0.25, -0.2) is 4.79 Å². The molecule has 132 valence electrons. The van der Waals surface area contributed by atoms with Gasteiger partial charge in [0.15, 0.2) is 5.78 Å². The lowest BCUT2D eigenvalue weighted by atomic mass is 9.73. The molecule has 1 fully saturated rings. The van der Waals surface area contributed by atoms with E-state index < -0.39 is 35.0 Å². The predicted molar refractivity (Wildman–Crippen MR) is 82.8 cm³/mol. The summed E-state index contributed by atoms with van der Waals surface area (Å²) in [5, 5.41) is 9.62. The first kappa shape index (κ1) is 19.4. The fourth-order valence-corrected chi connectivity index (χ4v) is 2.62. The molecular weight excluding hydrogens is 302 g/mol. The molecule has 0 aromatic rings. The molecule has 23 heavy (non-hydrogen) atoms. The Morgan fingerprint density at radius 2 is 1.74 bits per heavy atom. The van der Waals surface area contributed by atoms with Crippen LogP contribution in [0.5, 0.6) is 0 Å². The van der Waals surface area contributed by atoms with E-state index in [1.807, 2.05) is 0 Å². The number of aliphatic hydroxyl groups excluding tert-OH is 1. The number of ketones is 1. The molecule has 0 aromatic carbocycles. The molecule has 1 heterocycles. The number of esters is 1. The standard InChI is InChI=1S/C16H27NO6/c1-6-22-13(20)16(12(19)11(2)18)7-9-17(10-8-16)14(21)23-15(3,4)5/h11,18H,6-10H2,1-5H3/t11-/m0/s1. The number of piperidine rings is 1. The van der Waals surface area contributed by atoms with Crippen molar-refractivity contribution in [2.45, 2.75) is 59.2 Å². The molecule has 0 radical (unpaired) electrons. The van der Waals surface area contributed by atoms with Gasteiger partial charge in [-0.1, -0.05) is 0 Å². The number of ether oxygens (including phenoxy) is 2. The second-order valence-electron chi connectivity index (χ2n) is 6.81. The Kier molecular flexibility index (Phi) is 6.16. The number of hydrogen-bond acceptors (Lipinski definition) is 6. The molecule has 7 nitrogen and oxygen atoms in total. The van der Waals surface area contributed by atoms with Gasteiger partial charge in [-0.15, -0.1) is 0 Å². The molecule has 1 atom stereocenters. The van der Waals surface area contributed by atoms with E-state index in [1.54, 1.807) is 27.7 Å². The van der Waals surface area contributed by atoms with E-state index in [-0.39, 0.29) is 32.5 Å². The molecule has 0 aliphatic carbocycles. The summed E-state index contributed by atoms with van der Waals surface area (Å²) in [6.07, 6.45) is -1.49. The van der Waals surface area contributed by atoms with Crippen LogP contribution < -0.4 is 0 Å². The number of aliphatic hydroxyl groups is 1. The van der Waals surface area contributed by atoms with Gasteiger partial charge in [-0.2, -0.15) is 0 Å². The smallest absolute Gasteiger partial charge is 0.410 e. The molecule has 0 aromatic heterocycles. The Bertz CT molecular complexity index is 458. The first-order valence-electron chi connectivity index (χ1n) is 7.91. The number of Topliss-reactive ketones (excluding diaryl/α,β-unsaturated/α-hetero) is 1. The second-order valence-corrected chi connectivity index (χ2v) is 6.81. The third-order valence-corrected chi connectivity index (χ3v) is 3.79. The van der Waals surface area contributed by atoms with Crippen LogP contribution in [0.25, 0.3) is 0 Å². The highest BCUT2D eigenvalue weighted by Crippen LogP contribution is 2.35. The highest BCUT2D eigenvalue weighted by atomic mass is 16.6. The Balaban J connectivity index is 2.86. The molecule has 0 spiro atoms. The molecule has 0 bridgehead atoms. The number of rotatable bonds is 4. The van der Waals surface area contributed by atoms with Gasteiger partial charge < -0.3 is 19.5 Å². The van der Waals surface area contributed by atoms with E-state index in [2.05, 4.69) is 0 Å². The maximum absolute atomic E-state index is 12.4. The van der Waals surface area contributed by atoms with E-state index in [0.29, 0.717) is 0 Å². The van der Waals surface area contributed by atoms with Gasteiger partial charge in [0.25, 0.3) is 0 Å². The van der Waals surface area contributed by atoms with Crippen molar-refractivity contribution in [3.8, 4) is 0 Å². The first-order chi connectivity index (χ1) is 10.5. The summed E-state index contributed by atoms with van der Waals surface area (Å²) in [5.74, 6) is -1.19. The van der Waals surface area contributed by atoms with Gasteiger partial charge in [0, 0.05) is 13.1 Å². The van der Waals surface area contributed by atoms with E-state index in [1.165, 1.54) is 11.8 Å². The minimum atomic E-state index is -1.39. The zero-order chi connectivity index (χ0) is 17.8. The van der Waals surface area contributed by atoms with Crippen molar-refractivity contribution < 1.29 is 29.0 Å². The summed E-state index contributed by atoms with van der Waals surface area (Å²) < 4.78 is 10.3. The highest BCUT2D eigenvalue weighted by molar-refractivity contribution is 6.05. The average Bonchev–Trinajstić information content (AvgIpc) is 2.44. The zero-order valence-electron chi connectivity index (χ0n) is 14.5. The van der Waals surface area contributed by atoms with E-state index in [0.717, 1.165) is 0 Å². The van der Waals surface area contributed by atoms with Crippen molar-refractivity contribution in [3.05, 3.63) is 0 Å². The van der Waals surface area contributed by atoms with Gasteiger partial charge in [0.2, 0.25) is 0 Å². The Labute approximate surface area is 136 Å². The van der Waals surface area contributed by atoms with Gasteiger partial charge in [-0.05, 0) is 47.5 Å². The topological polar surface area (TPSA) is 93.1 Å². The Morgan fingerprint density at radius 3 is 2.13 bits per heavy atom. The van der Waals surface area contributed by atoms with Crippen LogP contribution in [0.2, 0.25) is 0 Å². The van der Waals surface area contributed by atoms with E-state index >= 15 is 0 Å². The Hall–Kier alpha value is -1.63. The van der Waals surface area contributed by atoms with Gasteiger partial charge in [0.1, 0.15) is 17.1 Å². The molecule has 1 N–H and O–H groups in total. The number of carbonyl (C=O) groups is 3. The lowest BCUT2D eigenvalue weighted by Crippen LogP contribution is -2.53. The van der Waals surface area contributed by atoms with Crippen molar-refractivity contribution in [1.29, 1.82) is 0 Å². The number of nitrogens with zero attached hydrogens (tertiary/aromatic N) is 1. The van der Waals surface area contributed by atoms with Crippen LogP contribution >= 0.6 is 0 Å². The van der Waals surface area contributed by atoms with Crippen molar-refractivity contribution >= 4 is 17.8 Å². The predicted octanol–water partition coefficient (Wildman–Crippen LogP) is 1.52. The van der Waals surface area contributed by atoms with Crippen molar-refractivity contribution in [2.75, 3.05) is 19.7 Å². The van der Waals surface area contributed by atoms with Crippen LogP contribution in [-0.4, -0.2) is 59.3 Å². The van der Waals surface area contributed by atoms with Gasteiger partial charge in [0.05, 0.1) is 6.61 Å². The fourth-order valence-electron chi connectivity index (χ4n) is 2.62. The molecule has 1 saturated heterocycles. The van der Waals surface area contributed by atoms with Gasteiger partial charge in [-0.3, -0.25) is 9.59 Å². The quantitative estimate of drug-likeness (QED) is 0.621. The van der Waals surface area contributed by atoms with Crippen LogP contribution in [-0.2, 0) is 19.1 Å². The van der Waals surface area contributed by atoms with Crippen LogP contribution in [0.15, 0.2) is 0 Å². The minimum absolute atomic E-state index is 0.120. The Morgan fingerprint density at radius 1 is 1.22 bits per heavy atom. The van der Waals surface area contributed by atoms with Crippen LogP contribution in [0.3, 0.4) is 0 Å². The van der Waals surface area contributed by atoms with E-state index in [9.17, 15) is 19.5 Å². The summed E-state index contributed by atoms with van der Waals surface area (Å²) >= 11 is 0. The summed E-state index contributed by atoms with van der Waals surface area (Å²) in [6.45, 7) is 8.87. The molecular formula is C16H27NO6. The summed E-state index contributed by atoms with van der Waals surface area (Å²) in [4.78, 5) is 38.2. The fraction of sp³-hybridized carbons (Fsp3) is 0.812. The van der Waals surface area contributed by atoms with Crippen LogP contribution in [0, 0.1) is 5.41 Å². The first-order valence-corrected chi connectivity index (χ1v) is 7.91. The lowest BCUT2D eigenvalue weighted by Gasteiger charge is -2.39. The maximum atomic E-state index is 12.4. The van der Waals surface area contributed by atoms with Crippen molar-refractivity contribution in [2.24, 2.45) is 5.41 Å². The molecule has 1 aliphatic heterocycles. The molecule has 0 unspecified atom stereocenters. The van der Waals surface area contributed by atoms with E-state index in [4.69, 9.17) is 9.47 Å². The summed E-state index contributed by atoms with van der Waals surface area (Å²) in [5.41, 5.74) is -2.00. The monoisotopic (exact) mass is 329 g/mol. The minimum Gasteiger partial charge on any atom is -0.465 e. The largest absolute Gasteiger partial charge is 0.465 e. The molecule has 0 saturated carbocycles. The molecule has 1 amide bonds. The average molecular weight is 329 g/mol. The van der Waals surface area contributed by atoms with Crippen molar-refractivity contribution in [1.82, 2.24) is 4.90 Å². The SMILES string of the molecule is CCOC(=O)C1(C(=O)[C@H](C)O)CCN(C(=O)OC(C)(C)C)CC1. The number of likely N-dealkylation sites (tertiary alicyclic amines) is 1. The number of amides is 1. The maximum Gasteiger partial charge on any atom is 0.410 e. The van der Waals surface area contributed by atoms with Crippen LogP contribution in [0.4, 0.5) is 4.79 Å². The summed E-state index contributed by atoms with van der Waals surface area (Å²) in [6, 6.07) is 0. The van der Waals surface area contributed by atoms with Crippen LogP contribution in [0.1, 0.15) is 47.5 Å². The highest BCUT2D eigenvalue weighted by Gasteiger charge is 2.51. The normalized spacial score (nSPS) is 19.0. The van der Waals surface area contributed by atoms with Gasteiger partial charge >= 0.3 is 12.1 Å². The lowest BCUT2D eigenvalue weighted by molar-refractivity contribution is -0.166. The third kappa shape index (κ3) is 4.67. The molecule has 1 rings (SSSR count). The molecule has 7 heteroatoms. The number of hydrogen-bond donors (Lipinski definition) is 1. The second kappa shape index (κ2) is 7.29. The number of carbonyl (C=O) groups excluding carboxylic acids is 3. The third-order valence-electron chi connectivity index (χ3n) is 3.79. The van der Waals surface area contributed by atoms with Crippen molar-refractivity contribution in [3.63, 3.8) is 0 Å². The summed E-state index contributed by atoms with van der Waals surface area (Å²) in [7, 11) is 0. The zero-order valence-corrected chi connectivity index (χ0v) is 14.5. The molecule has 1 aliphatic rings.